The largest absolute Gasteiger partial charge is 0.370 e. The van der Waals surface area contributed by atoms with Crippen LogP contribution in [-0.2, 0) is 9.47 Å². The van der Waals surface area contributed by atoms with E-state index in [0.717, 1.165) is 11.8 Å². The Morgan fingerprint density at radius 1 is 0.857 bits per heavy atom. The van der Waals surface area contributed by atoms with Gasteiger partial charge in [-0.2, -0.15) is 0 Å². The number of fused-ring (bicyclic) bond motifs is 2. The third-order valence-corrected chi connectivity index (χ3v) is 4.49. The van der Waals surface area contributed by atoms with Crippen molar-refractivity contribution >= 4 is 0 Å². The Bertz CT molecular complexity index is 227. The maximum atomic E-state index is 5.59. The van der Waals surface area contributed by atoms with Crippen molar-refractivity contribution in [1.29, 1.82) is 0 Å². The molecule has 77 valence electrons. The SMILES string of the molecule is [CH]1C(C2CCC3OC3C2)CCC2OC12. The van der Waals surface area contributed by atoms with Crippen LogP contribution in [0.1, 0.15) is 32.1 Å². The minimum atomic E-state index is 0.534. The van der Waals surface area contributed by atoms with Gasteiger partial charge in [0.15, 0.2) is 0 Å². The van der Waals surface area contributed by atoms with Crippen molar-refractivity contribution in [2.45, 2.75) is 56.5 Å². The van der Waals surface area contributed by atoms with Crippen LogP contribution in [0.15, 0.2) is 0 Å². The third kappa shape index (κ3) is 1.24. The highest BCUT2D eigenvalue weighted by molar-refractivity contribution is 5.07. The fraction of sp³-hybridized carbons (Fsp3) is 0.917. The first-order valence-corrected chi connectivity index (χ1v) is 6.06. The Hall–Kier alpha value is -0.0800. The van der Waals surface area contributed by atoms with Gasteiger partial charge >= 0.3 is 0 Å². The summed E-state index contributed by atoms with van der Waals surface area (Å²) in [6, 6.07) is 0. The molecular weight excluding hydrogens is 176 g/mol. The van der Waals surface area contributed by atoms with E-state index < -0.39 is 0 Å². The van der Waals surface area contributed by atoms with Crippen LogP contribution in [0.5, 0.6) is 0 Å². The monoisotopic (exact) mass is 193 g/mol. The summed E-state index contributed by atoms with van der Waals surface area (Å²) in [6.45, 7) is 0. The molecule has 0 spiro atoms. The number of hydrogen-bond acceptors (Lipinski definition) is 2. The Labute approximate surface area is 85.0 Å². The molecule has 0 amide bonds. The van der Waals surface area contributed by atoms with Gasteiger partial charge in [-0.05, 0) is 50.4 Å². The van der Waals surface area contributed by atoms with E-state index in [1.54, 1.807) is 0 Å². The van der Waals surface area contributed by atoms with Crippen molar-refractivity contribution in [1.82, 2.24) is 0 Å². The third-order valence-electron chi connectivity index (χ3n) is 4.49. The molecule has 0 aromatic rings. The van der Waals surface area contributed by atoms with Gasteiger partial charge in [-0.3, -0.25) is 0 Å². The first kappa shape index (κ1) is 8.12. The number of epoxide rings is 2. The molecule has 2 saturated carbocycles. The van der Waals surface area contributed by atoms with Crippen LogP contribution in [0, 0.1) is 18.3 Å². The molecule has 2 saturated heterocycles. The van der Waals surface area contributed by atoms with Crippen LogP contribution in [-0.4, -0.2) is 24.4 Å². The summed E-state index contributed by atoms with van der Waals surface area (Å²) in [5, 5.41) is 0. The summed E-state index contributed by atoms with van der Waals surface area (Å²) < 4.78 is 11.1. The van der Waals surface area contributed by atoms with Crippen molar-refractivity contribution in [3.05, 3.63) is 6.42 Å². The number of ether oxygens (including phenoxy) is 2. The standard InChI is InChI=1S/C12H17O2/c1-3-9-11(13-9)5-7(1)8-2-4-10-12(6-8)14-10/h5,7-12H,1-4,6H2. The molecule has 0 bridgehead atoms. The molecule has 6 atom stereocenters. The van der Waals surface area contributed by atoms with E-state index >= 15 is 0 Å². The Kier molecular flexibility index (Phi) is 1.58. The minimum Gasteiger partial charge on any atom is -0.370 e. The highest BCUT2D eigenvalue weighted by Crippen LogP contribution is 2.48. The maximum Gasteiger partial charge on any atom is 0.0876 e. The lowest BCUT2D eigenvalue weighted by Crippen LogP contribution is -2.26. The molecule has 2 aliphatic carbocycles. The van der Waals surface area contributed by atoms with Gasteiger partial charge in [0.1, 0.15) is 0 Å². The molecule has 2 heteroatoms. The van der Waals surface area contributed by atoms with Gasteiger partial charge in [-0.15, -0.1) is 0 Å². The van der Waals surface area contributed by atoms with E-state index in [-0.39, 0.29) is 0 Å². The quantitative estimate of drug-likeness (QED) is 0.594. The average molecular weight is 193 g/mol. The second-order valence-corrected chi connectivity index (χ2v) is 5.36. The first-order valence-electron chi connectivity index (χ1n) is 6.06. The molecule has 14 heavy (non-hydrogen) atoms. The van der Waals surface area contributed by atoms with Crippen LogP contribution >= 0.6 is 0 Å². The predicted octanol–water partition coefficient (Wildman–Crippen LogP) is 1.94. The summed E-state index contributed by atoms with van der Waals surface area (Å²) in [6.07, 6.45) is 11.6. The number of rotatable bonds is 1. The predicted molar refractivity (Wildman–Crippen MR) is 51.7 cm³/mol. The molecule has 0 aromatic heterocycles. The first-order chi connectivity index (χ1) is 6.90. The zero-order valence-corrected chi connectivity index (χ0v) is 8.39. The van der Waals surface area contributed by atoms with Gasteiger partial charge in [0.05, 0.1) is 24.4 Å². The van der Waals surface area contributed by atoms with Gasteiger partial charge in [-0.1, -0.05) is 0 Å². The van der Waals surface area contributed by atoms with Crippen LogP contribution < -0.4 is 0 Å². The molecule has 4 aliphatic rings. The van der Waals surface area contributed by atoms with Gasteiger partial charge in [0.25, 0.3) is 0 Å². The fourth-order valence-corrected chi connectivity index (χ4v) is 3.47. The summed E-state index contributed by atoms with van der Waals surface area (Å²) in [5.74, 6) is 1.74. The van der Waals surface area contributed by atoms with E-state index in [1.165, 1.54) is 32.1 Å². The fourth-order valence-electron chi connectivity index (χ4n) is 3.47. The van der Waals surface area contributed by atoms with Crippen LogP contribution in [0.4, 0.5) is 0 Å². The lowest BCUT2D eigenvalue weighted by molar-refractivity contribution is 0.262. The van der Waals surface area contributed by atoms with Crippen molar-refractivity contribution in [2.24, 2.45) is 11.8 Å². The second-order valence-electron chi connectivity index (χ2n) is 5.36. The van der Waals surface area contributed by atoms with Gasteiger partial charge in [-0.25, -0.2) is 0 Å². The molecule has 0 N–H and O–H groups in total. The van der Waals surface area contributed by atoms with Crippen molar-refractivity contribution in [2.75, 3.05) is 0 Å². The lowest BCUT2D eigenvalue weighted by Gasteiger charge is -2.29. The normalized spacial score (nSPS) is 60.0. The van der Waals surface area contributed by atoms with Crippen molar-refractivity contribution in [3.63, 3.8) is 0 Å². The summed E-state index contributed by atoms with van der Waals surface area (Å²) in [4.78, 5) is 0. The molecule has 0 aromatic carbocycles. The molecule has 6 unspecified atom stereocenters. The van der Waals surface area contributed by atoms with E-state index in [9.17, 15) is 0 Å². The zero-order valence-electron chi connectivity index (χ0n) is 8.39. The van der Waals surface area contributed by atoms with Gasteiger partial charge in [0.2, 0.25) is 0 Å². The Morgan fingerprint density at radius 3 is 2.64 bits per heavy atom. The van der Waals surface area contributed by atoms with Crippen LogP contribution in [0.3, 0.4) is 0 Å². The van der Waals surface area contributed by atoms with Crippen LogP contribution in [0.25, 0.3) is 0 Å². The lowest BCUT2D eigenvalue weighted by atomic mass is 9.73. The highest BCUT2D eigenvalue weighted by Gasteiger charge is 2.50. The number of hydrogen-bond donors (Lipinski definition) is 0. The topological polar surface area (TPSA) is 25.1 Å². The molecule has 1 radical (unpaired) electrons. The van der Waals surface area contributed by atoms with Crippen molar-refractivity contribution in [3.8, 4) is 0 Å². The zero-order chi connectivity index (χ0) is 9.12. The van der Waals surface area contributed by atoms with Crippen molar-refractivity contribution < 1.29 is 9.47 Å². The van der Waals surface area contributed by atoms with Gasteiger partial charge in [0, 0.05) is 0 Å². The summed E-state index contributed by atoms with van der Waals surface area (Å²) in [7, 11) is 0. The van der Waals surface area contributed by atoms with Crippen LogP contribution in [0.2, 0.25) is 0 Å². The van der Waals surface area contributed by atoms with E-state index in [1.807, 2.05) is 0 Å². The average Bonchev–Trinajstić information content (AvgIpc) is 3.10. The Morgan fingerprint density at radius 2 is 1.79 bits per heavy atom. The molecule has 2 aliphatic heterocycles. The molecule has 4 fully saturated rings. The van der Waals surface area contributed by atoms with E-state index in [4.69, 9.17) is 9.47 Å². The summed E-state index contributed by atoms with van der Waals surface area (Å²) in [5.41, 5.74) is 0. The molecule has 2 nitrogen and oxygen atoms in total. The molecule has 2 heterocycles. The van der Waals surface area contributed by atoms with Gasteiger partial charge < -0.3 is 9.47 Å². The van der Waals surface area contributed by atoms with E-state index in [0.29, 0.717) is 24.4 Å². The van der Waals surface area contributed by atoms with E-state index in [2.05, 4.69) is 6.42 Å². The Balaban J connectivity index is 1.41. The minimum absolute atomic E-state index is 0.534. The molecule has 4 rings (SSSR count). The smallest absolute Gasteiger partial charge is 0.0876 e. The maximum absolute atomic E-state index is 5.59. The second kappa shape index (κ2) is 2.73. The summed E-state index contributed by atoms with van der Waals surface area (Å²) >= 11 is 0. The molecular formula is C12H17O2. The highest BCUT2D eigenvalue weighted by atomic mass is 16.6.